The van der Waals surface area contributed by atoms with Crippen molar-refractivity contribution >= 4 is 16.8 Å². The van der Waals surface area contributed by atoms with E-state index in [1.807, 2.05) is 0 Å². The van der Waals surface area contributed by atoms with Gasteiger partial charge in [-0.15, -0.1) is 0 Å². The van der Waals surface area contributed by atoms with Crippen molar-refractivity contribution in [1.82, 2.24) is 14.9 Å². The lowest BCUT2D eigenvalue weighted by atomic mass is 9.97. The van der Waals surface area contributed by atoms with E-state index < -0.39 is 17.8 Å². The number of aliphatic hydroxyl groups is 1. The van der Waals surface area contributed by atoms with E-state index in [9.17, 15) is 23.1 Å². The van der Waals surface area contributed by atoms with Crippen LogP contribution in [0.5, 0.6) is 0 Å². The van der Waals surface area contributed by atoms with E-state index in [-0.39, 0.29) is 24.8 Å². The lowest BCUT2D eigenvalue weighted by Crippen LogP contribution is -2.46. The van der Waals surface area contributed by atoms with Gasteiger partial charge in [0.1, 0.15) is 0 Å². The molecule has 158 valence electrons. The normalized spacial score (nSPS) is 19.9. The van der Waals surface area contributed by atoms with Crippen LogP contribution >= 0.6 is 0 Å². The molecular formula is C22H22F3N3O2. The Labute approximate surface area is 171 Å². The Morgan fingerprint density at radius 3 is 2.77 bits per heavy atom. The van der Waals surface area contributed by atoms with Gasteiger partial charge in [-0.05, 0) is 54.8 Å². The quantitative estimate of drug-likeness (QED) is 0.663. The van der Waals surface area contributed by atoms with Crippen LogP contribution in [-0.4, -0.2) is 39.1 Å². The molecule has 1 aromatic heterocycles. The van der Waals surface area contributed by atoms with Crippen LogP contribution in [0.15, 0.2) is 48.8 Å². The molecule has 5 nitrogen and oxygen atoms in total. The number of ketones is 1. The van der Waals surface area contributed by atoms with Crippen molar-refractivity contribution in [2.45, 2.75) is 44.1 Å². The third kappa shape index (κ3) is 4.39. The summed E-state index contributed by atoms with van der Waals surface area (Å²) >= 11 is 0. The van der Waals surface area contributed by atoms with Crippen LogP contribution in [0.25, 0.3) is 22.2 Å². The van der Waals surface area contributed by atoms with Crippen molar-refractivity contribution in [2.75, 3.05) is 6.54 Å². The third-order valence-corrected chi connectivity index (χ3v) is 5.49. The van der Waals surface area contributed by atoms with Crippen LogP contribution in [0, 0.1) is 0 Å². The van der Waals surface area contributed by atoms with Gasteiger partial charge in [0.15, 0.2) is 5.78 Å². The fourth-order valence-electron chi connectivity index (χ4n) is 3.88. The number of benzene rings is 2. The number of nitrogens with one attached hydrogen (secondary N) is 1. The number of hydrogen-bond donors (Lipinski definition) is 2. The Morgan fingerprint density at radius 2 is 2.00 bits per heavy atom. The zero-order valence-electron chi connectivity index (χ0n) is 16.2. The van der Waals surface area contributed by atoms with Gasteiger partial charge in [0.05, 0.1) is 35.6 Å². The molecule has 0 aliphatic carbocycles. The molecule has 8 heteroatoms. The summed E-state index contributed by atoms with van der Waals surface area (Å²) < 4.78 is 40.8. The van der Waals surface area contributed by atoms with Gasteiger partial charge in [-0.1, -0.05) is 18.2 Å². The second kappa shape index (κ2) is 8.20. The van der Waals surface area contributed by atoms with Crippen LogP contribution in [-0.2, 0) is 17.5 Å². The predicted octanol–water partition coefficient (Wildman–Crippen LogP) is 3.79. The molecule has 1 aliphatic heterocycles. The molecule has 2 aromatic carbocycles. The maximum absolute atomic E-state index is 13.0. The summed E-state index contributed by atoms with van der Waals surface area (Å²) in [7, 11) is 0. The molecule has 30 heavy (non-hydrogen) atoms. The van der Waals surface area contributed by atoms with Gasteiger partial charge in [-0.2, -0.15) is 13.2 Å². The van der Waals surface area contributed by atoms with Crippen molar-refractivity contribution in [1.29, 1.82) is 0 Å². The number of hydrogen-bond acceptors (Lipinski definition) is 4. The van der Waals surface area contributed by atoms with E-state index in [0.29, 0.717) is 28.6 Å². The van der Waals surface area contributed by atoms with E-state index in [1.54, 1.807) is 35.2 Å². The minimum atomic E-state index is -4.41. The minimum absolute atomic E-state index is 0.0442. The number of halogens is 3. The van der Waals surface area contributed by atoms with Crippen LogP contribution < -0.4 is 5.32 Å². The van der Waals surface area contributed by atoms with Crippen LogP contribution in [0.3, 0.4) is 0 Å². The molecule has 2 heterocycles. The van der Waals surface area contributed by atoms with Gasteiger partial charge in [-0.25, -0.2) is 4.98 Å². The Balaban J connectivity index is 1.57. The van der Waals surface area contributed by atoms with Crippen molar-refractivity contribution in [3.63, 3.8) is 0 Å². The Morgan fingerprint density at radius 1 is 1.20 bits per heavy atom. The molecule has 0 saturated carbocycles. The molecular weight excluding hydrogens is 395 g/mol. The second-order valence-electron chi connectivity index (χ2n) is 7.67. The average Bonchev–Trinajstić information content (AvgIpc) is 3.11. The number of rotatable bonds is 5. The predicted molar refractivity (Wildman–Crippen MR) is 107 cm³/mol. The van der Waals surface area contributed by atoms with Crippen molar-refractivity contribution < 1.29 is 23.1 Å². The van der Waals surface area contributed by atoms with Crippen LogP contribution in [0.4, 0.5) is 13.2 Å². The molecule has 2 unspecified atom stereocenters. The lowest BCUT2D eigenvalue weighted by molar-refractivity contribution is -0.137. The first-order valence-corrected chi connectivity index (χ1v) is 9.87. The molecule has 2 atom stereocenters. The molecule has 1 saturated heterocycles. The molecule has 0 spiro atoms. The number of carbonyl (C=O) groups is 1. The summed E-state index contributed by atoms with van der Waals surface area (Å²) in [5.41, 5.74) is 1.69. The lowest BCUT2D eigenvalue weighted by Gasteiger charge is -2.28. The summed E-state index contributed by atoms with van der Waals surface area (Å²) in [6, 6.07) is 10.1. The summed E-state index contributed by atoms with van der Waals surface area (Å²) in [5.74, 6) is -0.0442. The summed E-state index contributed by atoms with van der Waals surface area (Å²) in [6.07, 6.45) is -1.60. The van der Waals surface area contributed by atoms with E-state index >= 15 is 0 Å². The molecule has 0 amide bonds. The van der Waals surface area contributed by atoms with Crippen molar-refractivity contribution in [3.8, 4) is 11.1 Å². The van der Waals surface area contributed by atoms with E-state index in [2.05, 4.69) is 10.3 Å². The van der Waals surface area contributed by atoms with Gasteiger partial charge < -0.3 is 15.0 Å². The van der Waals surface area contributed by atoms with E-state index in [0.717, 1.165) is 25.1 Å². The first kappa shape index (κ1) is 20.6. The molecule has 1 aliphatic rings. The molecule has 2 N–H and O–H groups in total. The number of aromatic nitrogens is 2. The Kier molecular flexibility index (Phi) is 5.62. The molecule has 0 bridgehead atoms. The van der Waals surface area contributed by atoms with Gasteiger partial charge in [0, 0.05) is 12.5 Å². The number of imidazole rings is 1. The highest BCUT2D eigenvalue weighted by Crippen LogP contribution is 2.33. The fourth-order valence-corrected chi connectivity index (χ4v) is 3.88. The van der Waals surface area contributed by atoms with Gasteiger partial charge in [0.2, 0.25) is 0 Å². The topological polar surface area (TPSA) is 67.2 Å². The minimum Gasteiger partial charge on any atom is -0.391 e. The maximum Gasteiger partial charge on any atom is 0.416 e. The van der Waals surface area contributed by atoms with Gasteiger partial charge in [0.25, 0.3) is 0 Å². The first-order chi connectivity index (χ1) is 14.3. The highest BCUT2D eigenvalue weighted by Gasteiger charge is 2.30. The smallest absolute Gasteiger partial charge is 0.391 e. The number of alkyl halides is 3. The Hall–Kier alpha value is -2.71. The highest BCUT2D eigenvalue weighted by atomic mass is 19.4. The van der Waals surface area contributed by atoms with E-state index in [1.165, 1.54) is 6.07 Å². The monoisotopic (exact) mass is 417 g/mol. The maximum atomic E-state index is 13.0. The third-order valence-electron chi connectivity index (χ3n) is 5.49. The number of nitrogens with zero attached hydrogens (tertiary/aromatic N) is 2. The van der Waals surface area contributed by atoms with Crippen molar-refractivity contribution in [3.05, 3.63) is 54.4 Å². The summed E-state index contributed by atoms with van der Waals surface area (Å²) in [6.45, 7) is 0.872. The summed E-state index contributed by atoms with van der Waals surface area (Å²) in [5, 5.41) is 13.2. The second-order valence-corrected chi connectivity index (χ2v) is 7.67. The molecule has 1 fully saturated rings. The SMILES string of the molecule is O=C(CC1NCCCC1O)Cn1cnc2ccc(-c3cccc(C(F)(F)F)c3)cc21. The first-order valence-electron chi connectivity index (χ1n) is 9.87. The zero-order chi connectivity index (χ0) is 21.3. The standard InChI is InChI=1S/C22H22F3N3O2/c23-22(24,25)16-4-1-3-14(9-16)15-6-7-18-20(10-15)28(13-27-18)12-17(29)11-19-21(30)5-2-8-26-19/h1,3-4,6-7,9-10,13,19,21,26,30H,2,5,8,11-12H2. The number of Topliss-reactive ketones (excluding diaryl/α,β-unsaturated/α-hetero) is 1. The summed E-state index contributed by atoms with van der Waals surface area (Å²) in [4.78, 5) is 16.8. The van der Waals surface area contributed by atoms with Crippen molar-refractivity contribution in [2.24, 2.45) is 0 Å². The van der Waals surface area contributed by atoms with Gasteiger partial charge in [-0.3, -0.25) is 4.79 Å². The van der Waals surface area contributed by atoms with Crippen LogP contribution in [0.1, 0.15) is 24.8 Å². The average molecular weight is 417 g/mol. The molecule has 0 radical (unpaired) electrons. The highest BCUT2D eigenvalue weighted by molar-refractivity contribution is 5.85. The van der Waals surface area contributed by atoms with Gasteiger partial charge >= 0.3 is 6.18 Å². The van der Waals surface area contributed by atoms with Crippen LogP contribution in [0.2, 0.25) is 0 Å². The zero-order valence-corrected chi connectivity index (χ0v) is 16.2. The largest absolute Gasteiger partial charge is 0.416 e. The fraction of sp³-hybridized carbons (Fsp3) is 0.364. The molecule has 4 rings (SSSR count). The Bertz CT molecular complexity index is 1060. The number of piperidine rings is 1. The number of aliphatic hydroxyl groups excluding tert-OH is 1. The number of fused-ring (bicyclic) bond motifs is 1. The molecule has 3 aromatic rings. The number of carbonyl (C=O) groups excluding carboxylic acids is 1. The van der Waals surface area contributed by atoms with E-state index in [4.69, 9.17) is 0 Å².